The van der Waals surface area contributed by atoms with Crippen molar-refractivity contribution >= 4 is 5.91 Å². The molecule has 1 heterocycles. The number of allylic oxidation sites excluding steroid dienone is 1. The normalized spacial score (nSPS) is 22.4. The molecule has 1 amide bonds. The molecule has 0 aliphatic carbocycles. The van der Waals surface area contributed by atoms with Crippen LogP contribution < -0.4 is 5.32 Å². The van der Waals surface area contributed by atoms with Crippen LogP contribution in [-0.2, 0) is 4.79 Å². The van der Waals surface area contributed by atoms with Crippen LogP contribution in [-0.4, -0.2) is 37.0 Å². The topological polar surface area (TPSA) is 32.3 Å². The van der Waals surface area contributed by atoms with Crippen LogP contribution in [0.1, 0.15) is 26.7 Å². The zero-order chi connectivity index (χ0) is 10.6. The van der Waals surface area contributed by atoms with Crippen LogP contribution in [0.25, 0.3) is 0 Å². The maximum absolute atomic E-state index is 11.6. The van der Waals surface area contributed by atoms with Crippen LogP contribution in [0.4, 0.5) is 0 Å². The van der Waals surface area contributed by atoms with Crippen molar-refractivity contribution in [1.82, 2.24) is 10.2 Å². The first-order valence-electron chi connectivity index (χ1n) is 5.23. The second-order valence-electron chi connectivity index (χ2n) is 4.14. The van der Waals surface area contributed by atoms with Crippen LogP contribution in [0, 0.1) is 0 Å². The van der Waals surface area contributed by atoms with Crippen LogP contribution in [0.5, 0.6) is 0 Å². The standard InChI is InChI=1S/C11H20N2O/c1-9(2)6-7-12-10-5-4-8-13(3)11(10)14/h6,10,12H,4-5,7-8H2,1-3H3. The van der Waals surface area contributed by atoms with Crippen molar-refractivity contribution < 1.29 is 4.79 Å². The molecule has 0 bridgehead atoms. The Kier molecular flexibility index (Phi) is 4.14. The second-order valence-corrected chi connectivity index (χ2v) is 4.14. The van der Waals surface area contributed by atoms with Gasteiger partial charge in [0.15, 0.2) is 0 Å². The highest BCUT2D eigenvalue weighted by Gasteiger charge is 2.24. The van der Waals surface area contributed by atoms with E-state index in [1.54, 1.807) is 0 Å². The van der Waals surface area contributed by atoms with Gasteiger partial charge in [-0.1, -0.05) is 11.6 Å². The summed E-state index contributed by atoms with van der Waals surface area (Å²) in [7, 11) is 1.87. The molecular formula is C11H20N2O. The van der Waals surface area contributed by atoms with E-state index in [-0.39, 0.29) is 11.9 Å². The summed E-state index contributed by atoms with van der Waals surface area (Å²) in [6.45, 7) is 5.83. The number of amides is 1. The van der Waals surface area contributed by atoms with Gasteiger partial charge in [0.05, 0.1) is 6.04 Å². The number of hydrogen-bond donors (Lipinski definition) is 1. The fourth-order valence-corrected chi connectivity index (χ4v) is 1.63. The molecule has 3 heteroatoms. The Morgan fingerprint density at radius 2 is 2.36 bits per heavy atom. The largest absolute Gasteiger partial charge is 0.344 e. The molecule has 1 aliphatic rings. The monoisotopic (exact) mass is 196 g/mol. The van der Waals surface area contributed by atoms with E-state index in [9.17, 15) is 4.79 Å². The number of hydrogen-bond acceptors (Lipinski definition) is 2. The van der Waals surface area contributed by atoms with Crippen molar-refractivity contribution in [2.45, 2.75) is 32.7 Å². The van der Waals surface area contributed by atoms with Gasteiger partial charge in [0.1, 0.15) is 0 Å². The Balaban J connectivity index is 2.36. The fourth-order valence-electron chi connectivity index (χ4n) is 1.63. The lowest BCUT2D eigenvalue weighted by Crippen LogP contribution is -2.49. The van der Waals surface area contributed by atoms with E-state index in [4.69, 9.17) is 0 Å². The SMILES string of the molecule is CC(C)=CCNC1CCCN(C)C1=O. The lowest BCUT2D eigenvalue weighted by Gasteiger charge is -2.29. The van der Waals surface area contributed by atoms with Crippen molar-refractivity contribution in [3.8, 4) is 0 Å². The summed E-state index contributed by atoms with van der Waals surface area (Å²) < 4.78 is 0. The van der Waals surface area contributed by atoms with Crippen molar-refractivity contribution in [3.63, 3.8) is 0 Å². The summed E-state index contributed by atoms with van der Waals surface area (Å²) in [6, 6.07) is 0.0318. The maximum Gasteiger partial charge on any atom is 0.239 e. The molecule has 14 heavy (non-hydrogen) atoms. The van der Waals surface area contributed by atoms with Gasteiger partial charge in [-0.05, 0) is 26.7 Å². The molecule has 0 aromatic heterocycles. The molecule has 1 unspecified atom stereocenters. The fraction of sp³-hybridized carbons (Fsp3) is 0.727. The maximum atomic E-state index is 11.6. The third kappa shape index (κ3) is 3.14. The molecule has 3 nitrogen and oxygen atoms in total. The van der Waals surface area contributed by atoms with Crippen molar-refractivity contribution in [1.29, 1.82) is 0 Å². The highest BCUT2D eigenvalue weighted by molar-refractivity contribution is 5.82. The average molecular weight is 196 g/mol. The minimum atomic E-state index is 0.0318. The summed E-state index contributed by atoms with van der Waals surface area (Å²) in [5.41, 5.74) is 1.29. The molecule has 0 saturated carbocycles. The smallest absolute Gasteiger partial charge is 0.239 e. The Labute approximate surface area is 86.2 Å². The van der Waals surface area contributed by atoms with Crippen molar-refractivity contribution in [2.24, 2.45) is 0 Å². The molecule has 80 valence electrons. The van der Waals surface area contributed by atoms with E-state index < -0.39 is 0 Å². The summed E-state index contributed by atoms with van der Waals surface area (Å²) >= 11 is 0. The molecule has 1 rings (SSSR count). The Bertz CT molecular complexity index is 231. The molecule has 1 fully saturated rings. The number of nitrogens with one attached hydrogen (secondary N) is 1. The lowest BCUT2D eigenvalue weighted by molar-refractivity contribution is -0.134. The summed E-state index contributed by atoms with van der Waals surface area (Å²) in [6.07, 6.45) is 4.19. The lowest BCUT2D eigenvalue weighted by atomic mass is 10.1. The molecule has 1 N–H and O–H groups in total. The highest BCUT2D eigenvalue weighted by atomic mass is 16.2. The highest BCUT2D eigenvalue weighted by Crippen LogP contribution is 2.09. The van der Waals surface area contributed by atoms with Gasteiger partial charge in [0.2, 0.25) is 5.91 Å². The van der Waals surface area contributed by atoms with Gasteiger partial charge >= 0.3 is 0 Å². The Morgan fingerprint density at radius 3 is 3.00 bits per heavy atom. The van der Waals surface area contributed by atoms with E-state index in [0.717, 1.165) is 25.9 Å². The van der Waals surface area contributed by atoms with Gasteiger partial charge in [-0.2, -0.15) is 0 Å². The Morgan fingerprint density at radius 1 is 1.64 bits per heavy atom. The molecule has 0 aromatic rings. The average Bonchev–Trinajstić information content (AvgIpc) is 2.12. The van der Waals surface area contributed by atoms with Crippen LogP contribution in [0.2, 0.25) is 0 Å². The number of piperidine rings is 1. The van der Waals surface area contributed by atoms with Gasteiger partial charge in [-0.25, -0.2) is 0 Å². The first-order chi connectivity index (χ1) is 6.61. The van der Waals surface area contributed by atoms with E-state index >= 15 is 0 Å². The van der Waals surface area contributed by atoms with Gasteiger partial charge in [0, 0.05) is 20.1 Å². The molecule has 0 spiro atoms. The summed E-state index contributed by atoms with van der Waals surface area (Å²) in [5, 5.41) is 3.27. The molecule has 1 atom stereocenters. The molecule has 0 aromatic carbocycles. The zero-order valence-electron chi connectivity index (χ0n) is 9.34. The second kappa shape index (κ2) is 5.15. The van der Waals surface area contributed by atoms with Crippen molar-refractivity contribution in [3.05, 3.63) is 11.6 Å². The molecule has 1 saturated heterocycles. The van der Waals surface area contributed by atoms with Gasteiger partial charge < -0.3 is 10.2 Å². The minimum absolute atomic E-state index is 0.0318. The number of nitrogens with zero attached hydrogens (tertiary/aromatic N) is 1. The number of likely N-dealkylation sites (tertiary alicyclic amines) is 1. The van der Waals surface area contributed by atoms with Crippen LogP contribution >= 0.6 is 0 Å². The third-order valence-electron chi connectivity index (χ3n) is 2.54. The zero-order valence-corrected chi connectivity index (χ0v) is 9.34. The number of likely N-dealkylation sites (N-methyl/N-ethyl adjacent to an activating group) is 1. The predicted octanol–water partition coefficient (Wildman–Crippen LogP) is 1.16. The van der Waals surface area contributed by atoms with Gasteiger partial charge in [-0.3, -0.25) is 4.79 Å². The quantitative estimate of drug-likeness (QED) is 0.687. The minimum Gasteiger partial charge on any atom is -0.344 e. The number of rotatable bonds is 3. The molecular weight excluding hydrogens is 176 g/mol. The van der Waals surface area contributed by atoms with Gasteiger partial charge in [-0.15, -0.1) is 0 Å². The molecule has 1 aliphatic heterocycles. The van der Waals surface area contributed by atoms with Crippen LogP contribution in [0.15, 0.2) is 11.6 Å². The first-order valence-corrected chi connectivity index (χ1v) is 5.23. The van der Waals surface area contributed by atoms with E-state index in [2.05, 4.69) is 25.2 Å². The number of carbonyl (C=O) groups is 1. The summed E-state index contributed by atoms with van der Waals surface area (Å²) in [4.78, 5) is 13.5. The first kappa shape index (κ1) is 11.2. The van der Waals surface area contributed by atoms with E-state index in [1.807, 2.05) is 11.9 Å². The van der Waals surface area contributed by atoms with E-state index in [1.165, 1.54) is 5.57 Å². The third-order valence-corrected chi connectivity index (χ3v) is 2.54. The number of carbonyl (C=O) groups excluding carboxylic acids is 1. The Hall–Kier alpha value is -0.830. The van der Waals surface area contributed by atoms with Crippen molar-refractivity contribution in [2.75, 3.05) is 20.1 Å². The molecule has 0 radical (unpaired) electrons. The predicted molar refractivity (Wildman–Crippen MR) is 58.1 cm³/mol. The van der Waals surface area contributed by atoms with Crippen LogP contribution in [0.3, 0.4) is 0 Å². The van der Waals surface area contributed by atoms with Gasteiger partial charge in [0.25, 0.3) is 0 Å². The van der Waals surface area contributed by atoms with E-state index in [0.29, 0.717) is 0 Å². The summed E-state index contributed by atoms with van der Waals surface area (Å²) in [5.74, 6) is 0.235.